The van der Waals surface area contributed by atoms with E-state index < -0.39 is 10.0 Å². The van der Waals surface area contributed by atoms with Crippen LogP contribution in [0.3, 0.4) is 0 Å². The summed E-state index contributed by atoms with van der Waals surface area (Å²) < 4.78 is 32.0. The minimum absolute atomic E-state index is 0.0466. The highest BCUT2D eigenvalue weighted by Gasteiger charge is 2.29. The molecular weight excluding hydrogens is 430 g/mol. The van der Waals surface area contributed by atoms with Crippen molar-refractivity contribution in [2.75, 3.05) is 43.1 Å². The van der Waals surface area contributed by atoms with Crippen LogP contribution >= 0.6 is 0 Å². The van der Waals surface area contributed by atoms with Gasteiger partial charge in [0.2, 0.25) is 5.91 Å². The second kappa shape index (κ2) is 10.1. The molecule has 0 saturated carbocycles. The summed E-state index contributed by atoms with van der Waals surface area (Å²) in [5.74, 6) is 1.24. The van der Waals surface area contributed by atoms with Gasteiger partial charge in [0.05, 0.1) is 30.0 Å². The zero-order chi connectivity index (χ0) is 22.4. The van der Waals surface area contributed by atoms with Crippen molar-refractivity contribution < 1.29 is 17.9 Å². The number of nitrogens with zero attached hydrogens (tertiary/aromatic N) is 3. The van der Waals surface area contributed by atoms with Gasteiger partial charge < -0.3 is 15.0 Å². The molecule has 0 atom stereocenters. The molecule has 4 rings (SSSR count). The molecule has 32 heavy (non-hydrogen) atoms. The standard InChI is InChI=1S/C22H27N5O4S/c28-21(25-17-9-10-20(24-16-17)27-12-14-31-15-13-27)8-2-1-5-11-23-22-18-6-3-4-7-19(18)32(29,30)26-22/h3-4,6-7,9-10,16H,1-2,5,8,11-15H2,(H,23,26)(H,25,28). The number of morpholine rings is 1. The van der Waals surface area contributed by atoms with Gasteiger partial charge in [0.25, 0.3) is 10.0 Å². The van der Waals surface area contributed by atoms with Crippen LogP contribution < -0.4 is 14.9 Å². The molecule has 0 spiro atoms. The lowest BCUT2D eigenvalue weighted by Gasteiger charge is -2.27. The first kappa shape index (κ1) is 22.2. The lowest BCUT2D eigenvalue weighted by molar-refractivity contribution is -0.116. The number of anilines is 2. The fraction of sp³-hybridized carbons (Fsp3) is 0.409. The van der Waals surface area contributed by atoms with E-state index in [9.17, 15) is 13.2 Å². The van der Waals surface area contributed by atoms with Crippen molar-refractivity contribution in [1.29, 1.82) is 0 Å². The Hall–Kier alpha value is -2.98. The Bertz CT molecular complexity index is 1080. The molecule has 0 bridgehead atoms. The zero-order valence-corrected chi connectivity index (χ0v) is 18.6. The number of hydrogen-bond acceptors (Lipinski definition) is 7. The molecule has 170 valence electrons. The van der Waals surface area contributed by atoms with Gasteiger partial charge in [0.15, 0.2) is 0 Å². The smallest absolute Gasteiger partial charge is 0.263 e. The molecule has 1 saturated heterocycles. The van der Waals surface area contributed by atoms with Crippen molar-refractivity contribution in [3.8, 4) is 0 Å². The van der Waals surface area contributed by atoms with Crippen molar-refractivity contribution in [3.63, 3.8) is 0 Å². The number of amides is 1. The molecular formula is C22H27N5O4S. The van der Waals surface area contributed by atoms with E-state index >= 15 is 0 Å². The van der Waals surface area contributed by atoms with Crippen LogP contribution in [0.2, 0.25) is 0 Å². The molecule has 0 radical (unpaired) electrons. The maximum atomic E-state index is 12.2. The SMILES string of the molecule is O=C(CCCCCN=C1NS(=O)(=O)c2ccccc21)Nc1ccc(N2CCOCC2)nc1. The number of pyridine rings is 1. The van der Waals surface area contributed by atoms with Crippen LogP contribution in [0.5, 0.6) is 0 Å². The maximum absolute atomic E-state index is 12.2. The predicted octanol–water partition coefficient (Wildman–Crippen LogP) is 2.16. The van der Waals surface area contributed by atoms with E-state index in [0.29, 0.717) is 43.3 Å². The Morgan fingerprint density at radius 3 is 2.72 bits per heavy atom. The minimum Gasteiger partial charge on any atom is -0.378 e. The van der Waals surface area contributed by atoms with Crippen molar-refractivity contribution in [1.82, 2.24) is 9.71 Å². The predicted molar refractivity (Wildman–Crippen MR) is 123 cm³/mol. The molecule has 2 N–H and O–H groups in total. The first-order valence-corrected chi connectivity index (χ1v) is 12.3. The summed E-state index contributed by atoms with van der Waals surface area (Å²) in [6.45, 7) is 3.55. The van der Waals surface area contributed by atoms with Crippen LogP contribution in [0.1, 0.15) is 31.2 Å². The monoisotopic (exact) mass is 457 g/mol. The first-order valence-electron chi connectivity index (χ1n) is 10.8. The van der Waals surface area contributed by atoms with Gasteiger partial charge in [-0.3, -0.25) is 14.5 Å². The molecule has 2 aromatic rings. The molecule has 2 aliphatic rings. The highest BCUT2D eigenvalue weighted by Crippen LogP contribution is 2.22. The van der Waals surface area contributed by atoms with Gasteiger partial charge >= 0.3 is 0 Å². The summed E-state index contributed by atoms with van der Waals surface area (Å²) in [6, 6.07) is 10.6. The van der Waals surface area contributed by atoms with Gasteiger partial charge in [-0.25, -0.2) is 13.4 Å². The first-order chi connectivity index (χ1) is 15.5. The Morgan fingerprint density at radius 2 is 1.94 bits per heavy atom. The molecule has 1 aromatic carbocycles. The molecule has 1 aromatic heterocycles. The van der Waals surface area contributed by atoms with Crippen LogP contribution in [0, 0.1) is 0 Å². The van der Waals surface area contributed by atoms with Gasteiger partial charge in [0.1, 0.15) is 11.7 Å². The Morgan fingerprint density at radius 1 is 1.12 bits per heavy atom. The number of fused-ring (bicyclic) bond motifs is 1. The number of ether oxygens (including phenoxy) is 1. The number of nitrogens with one attached hydrogen (secondary N) is 2. The Balaban J connectivity index is 1.16. The highest BCUT2D eigenvalue weighted by atomic mass is 32.2. The number of rotatable bonds is 8. The van der Waals surface area contributed by atoms with Crippen LogP contribution in [-0.2, 0) is 19.6 Å². The number of unbranched alkanes of at least 4 members (excludes halogenated alkanes) is 2. The highest BCUT2D eigenvalue weighted by molar-refractivity contribution is 7.90. The number of amidine groups is 1. The number of hydrogen-bond donors (Lipinski definition) is 2. The van der Waals surface area contributed by atoms with Crippen molar-refractivity contribution >= 4 is 33.3 Å². The summed E-state index contributed by atoms with van der Waals surface area (Å²) in [5, 5.41) is 2.88. The van der Waals surface area contributed by atoms with E-state index in [1.807, 2.05) is 12.1 Å². The van der Waals surface area contributed by atoms with Crippen LogP contribution in [0.4, 0.5) is 11.5 Å². The van der Waals surface area contributed by atoms with Crippen molar-refractivity contribution in [2.24, 2.45) is 4.99 Å². The van der Waals surface area contributed by atoms with E-state index in [0.717, 1.165) is 38.2 Å². The lowest BCUT2D eigenvalue weighted by atomic mass is 10.2. The van der Waals surface area contributed by atoms with E-state index in [1.165, 1.54) is 0 Å². The van der Waals surface area contributed by atoms with Crippen molar-refractivity contribution in [2.45, 2.75) is 30.6 Å². The third kappa shape index (κ3) is 5.43. The summed E-state index contributed by atoms with van der Waals surface area (Å²) in [6.07, 6.45) is 4.43. The second-order valence-electron chi connectivity index (χ2n) is 7.70. The van der Waals surface area contributed by atoms with E-state index in [-0.39, 0.29) is 10.8 Å². The fourth-order valence-electron chi connectivity index (χ4n) is 3.68. The molecule has 1 fully saturated rings. The quantitative estimate of drug-likeness (QED) is 0.588. The topological polar surface area (TPSA) is 113 Å². The average Bonchev–Trinajstić information content (AvgIpc) is 3.07. The van der Waals surface area contributed by atoms with Gasteiger partial charge in [-0.2, -0.15) is 0 Å². The average molecular weight is 458 g/mol. The molecule has 10 heteroatoms. The molecule has 9 nitrogen and oxygen atoms in total. The van der Waals surface area contributed by atoms with Crippen LogP contribution in [-0.4, -0.2) is 58.0 Å². The summed E-state index contributed by atoms with van der Waals surface area (Å²) in [4.78, 5) is 23.4. The Kier molecular flexibility index (Phi) is 7.01. The molecule has 2 aliphatic heterocycles. The van der Waals surface area contributed by atoms with Crippen LogP contribution in [0.15, 0.2) is 52.5 Å². The van der Waals surface area contributed by atoms with Gasteiger partial charge in [0, 0.05) is 31.6 Å². The number of benzene rings is 1. The number of carbonyl (C=O) groups excluding carboxylic acids is 1. The lowest BCUT2D eigenvalue weighted by Crippen LogP contribution is -2.36. The van der Waals surface area contributed by atoms with Gasteiger partial charge in [-0.15, -0.1) is 0 Å². The third-order valence-corrected chi connectivity index (χ3v) is 6.76. The summed E-state index contributed by atoms with van der Waals surface area (Å²) >= 11 is 0. The fourth-order valence-corrected chi connectivity index (χ4v) is 4.93. The maximum Gasteiger partial charge on any atom is 0.263 e. The summed E-state index contributed by atoms with van der Waals surface area (Å²) in [5.41, 5.74) is 1.30. The Labute approximate surface area is 188 Å². The molecule has 0 unspecified atom stereocenters. The van der Waals surface area contributed by atoms with E-state index in [4.69, 9.17) is 4.74 Å². The molecule has 0 aliphatic carbocycles. The number of carbonyl (C=O) groups is 1. The van der Waals surface area contributed by atoms with Gasteiger partial charge in [-0.1, -0.05) is 18.6 Å². The molecule has 3 heterocycles. The largest absolute Gasteiger partial charge is 0.378 e. The third-order valence-electron chi connectivity index (χ3n) is 5.36. The van der Waals surface area contributed by atoms with Crippen LogP contribution in [0.25, 0.3) is 0 Å². The number of aliphatic imine (C=N–C) groups is 1. The molecule has 1 amide bonds. The van der Waals surface area contributed by atoms with E-state index in [2.05, 4.69) is 24.9 Å². The normalized spacial score (nSPS) is 18.2. The van der Waals surface area contributed by atoms with E-state index in [1.54, 1.807) is 30.5 Å². The number of aromatic nitrogens is 1. The van der Waals surface area contributed by atoms with Crippen molar-refractivity contribution in [3.05, 3.63) is 48.2 Å². The number of sulfonamides is 1. The summed E-state index contributed by atoms with van der Waals surface area (Å²) in [7, 11) is -3.50. The zero-order valence-electron chi connectivity index (χ0n) is 17.8. The second-order valence-corrected chi connectivity index (χ2v) is 9.35. The minimum atomic E-state index is -3.50. The van der Waals surface area contributed by atoms with Gasteiger partial charge in [-0.05, 0) is 37.1 Å².